The van der Waals surface area contributed by atoms with Crippen LogP contribution >= 0.6 is 11.6 Å². The van der Waals surface area contributed by atoms with Crippen molar-refractivity contribution in [3.8, 4) is 0 Å². The molecule has 0 aliphatic carbocycles. The number of piperidine rings is 1. The maximum Gasteiger partial charge on any atom is 0.180 e. The third kappa shape index (κ3) is 5.16. The Bertz CT molecular complexity index is 697. The Hall–Kier alpha value is -1.68. The molecule has 1 fully saturated rings. The number of ketones is 1. The summed E-state index contributed by atoms with van der Waals surface area (Å²) in [6, 6.07) is 19.4. The molecule has 0 aromatic heterocycles. The number of nitrogens with zero attached hydrogens (tertiary/aromatic N) is 1. The Labute approximate surface area is 160 Å². The van der Waals surface area contributed by atoms with Crippen LogP contribution in [0.25, 0.3) is 0 Å². The van der Waals surface area contributed by atoms with E-state index in [4.69, 9.17) is 11.6 Å². The third-order valence-electron chi connectivity index (χ3n) is 5.20. The fourth-order valence-corrected chi connectivity index (χ4v) is 3.78. The van der Waals surface area contributed by atoms with Crippen molar-refractivity contribution in [1.29, 1.82) is 0 Å². The van der Waals surface area contributed by atoms with Crippen molar-refractivity contribution in [1.82, 2.24) is 4.90 Å². The molecule has 3 nitrogen and oxygen atoms in total. The van der Waals surface area contributed by atoms with Crippen LogP contribution in [0.2, 0.25) is 0 Å². The van der Waals surface area contributed by atoms with Gasteiger partial charge in [0.15, 0.2) is 5.78 Å². The molecule has 1 heterocycles. The van der Waals surface area contributed by atoms with Crippen LogP contribution in [0.5, 0.6) is 0 Å². The maximum atomic E-state index is 12.3. The topological polar surface area (TPSA) is 40.5 Å². The molecule has 1 aliphatic rings. The number of alkyl halides is 1. The van der Waals surface area contributed by atoms with Crippen molar-refractivity contribution in [3.63, 3.8) is 0 Å². The standard InChI is InChI=1S/C22H26ClNO2/c23-20(21(25)19-9-5-2-6-10-19)11-14-24-15-12-22(26,13-16-24)17-18-7-3-1-4-8-18/h1-10,20,26H,11-17H2. The Balaban J connectivity index is 1.44. The minimum absolute atomic E-state index is 0.00939. The average molecular weight is 372 g/mol. The van der Waals surface area contributed by atoms with E-state index in [2.05, 4.69) is 17.0 Å². The number of carbonyl (C=O) groups is 1. The quantitative estimate of drug-likeness (QED) is 0.592. The largest absolute Gasteiger partial charge is 0.389 e. The SMILES string of the molecule is O=C(c1ccccc1)C(Cl)CCN1CCC(O)(Cc2ccccc2)CC1. The molecule has 1 saturated heterocycles. The lowest BCUT2D eigenvalue weighted by Crippen LogP contribution is -2.46. The van der Waals surface area contributed by atoms with Crippen LogP contribution in [0, 0.1) is 0 Å². The molecule has 2 aromatic rings. The van der Waals surface area contributed by atoms with E-state index >= 15 is 0 Å². The van der Waals surface area contributed by atoms with E-state index in [0.29, 0.717) is 18.4 Å². The van der Waals surface area contributed by atoms with Gasteiger partial charge in [0.05, 0.1) is 11.0 Å². The van der Waals surface area contributed by atoms with Crippen molar-refractivity contribution >= 4 is 17.4 Å². The van der Waals surface area contributed by atoms with Gasteiger partial charge in [0, 0.05) is 25.1 Å². The zero-order valence-electron chi connectivity index (χ0n) is 15.0. The van der Waals surface area contributed by atoms with Gasteiger partial charge in [-0.3, -0.25) is 4.79 Å². The molecule has 0 radical (unpaired) electrons. The lowest BCUT2D eigenvalue weighted by molar-refractivity contribution is -0.0207. The summed E-state index contributed by atoms with van der Waals surface area (Å²) in [5.41, 5.74) is 1.22. The van der Waals surface area contributed by atoms with Gasteiger partial charge in [0.1, 0.15) is 0 Å². The van der Waals surface area contributed by atoms with E-state index in [-0.39, 0.29) is 5.78 Å². The first kappa shape index (κ1) is 19.1. The second-order valence-electron chi connectivity index (χ2n) is 7.21. The van der Waals surface area contributed by atoms with Crippen LogP contribution < -0.4 is 0 Å². The van der Waals surface area contributed by atoms with Gasteiger partial charge in [0.2, 0.25) is 0 Å². The van der Waals surface area contributed by atoms with Gasteiger partial charge >= 0.3 is 0 Å². The van der Waals surface area contributed by atoms with E-state index < -0.39 is 11.0 Å². The molecular formula is C22H26ClNO2. The van der Waals surface area contributed by atoms with Crippen LogP contribution in [0.3, 0.4) is 0 Å². The second-order valence-corrected chi connectivity index (χ2v) is 7.74. The lowest BCUT2D eigenvalue weighted by Gasteiger charge is -2.38. The minimum Gasteiger partial charge on any atom is -0.389 e. The summed E-state index contributed by atoms with van der Waals surface area (Å²) in [6.07, 6.45) is 2.83. The van der Waals surface area contributed by atoms with Crippen molar-refractivity contribution in [2.45, 2.75) is 36.7 Å². The number of halogens is 1. The number of benzene rings is 2. The number of Topliss-reactive ketones (excluding diaryl/α,β-unsaturated/α-hetero) is 1. The zero-order valence-corrected chi connectivity index (χ0v) is 15.7. The van der Waals surface area contributed by atoms with Crippen LogP contribution in [0.15, 0.2) is 60.7 Å². The first-order valence-corrected chi connectivity index (χ1v) is 9.71. The normalized spacial score (nSPS) is 18.4. The molecule has 0 saturated carbocycles. The van der Waals surface area contributed by atoms with Gasteiger partial charge < -0.3 is 10.0 Å². The Kier molecular flexibility index (Phi) is 6.47. The average Bonchev–Trinajstić information content (AvgIpc) is 2.68. The van der Waals surface area contributed by atoms with Crippen molar-refractivity contribution in [2.24, 2.45) is 0 Å². The summed E-state index contributed by atoms with van der Waals surface area (Å²) in [7, 11) is 0. The molecular weight excluding hydrogens is 346 g/mol. The van der Waals surface area contributed by atoms with E-state index in [9.17, 15) is 9.90 Å². The predicted molar refractivity (Wildman–Crippen MR) is 106 cm³/mol. The second kappa shape index (κ2) is 8.81. The summed E-state index contributed by atoms with van der Waals surface area (Å²) >= 11 is 6.32. The number of rotatable bonds is 7. The first-order chi connectivity index (χ1) is 12.6. The molecule has 4 heteroatoms. The smallest absolute Gasteiger partial charge is 0.180 e. The molecule has 1 N–H and O–H groups in total. The monoisotopic (exact) mass is 371 g/mol. The Morgan fingerprint density at radius 1 is 1.04 bits per heavy atom. The maximum absolute atomic E-state index is 12.3. The minimum atomic E-state index is -0.627. The number of likely N-dealkylation sites (tertiary alicyclic amines) is 1. The molecule has 26 heavy (non-hydrogen) atoms. The Morgan fingerprint density at radius 2 is 1.62 bits per heavy atom. The molecule has 1 atom stereocenters. The van der Waals surface area contributed by atoms with Gasteiger partial charge in [0.25, 0.3) is 0 Å². The summed E-state index contributed by atoms with van der Waals surface area (Å²) < 4.78 is 0. The summed E-state index contributed by atoms with van der Waals surface area (Å²) in [4.78, 5) is 14.6. The Morgan fingerprint density at radius 3 is 2.23 bits per heavy atom. The zero-order chi connectivity index (χ0) is 18.4. The highest BCUT2D eigenvalue weighted by Gasteiger charge is 2.32. The summed E-state index contributed by atoms with van der Waals surface area (Å²) in [5, 5.41) is 10.4. The summed E-state index contributed by atoms with van der Waals surface area (Å²) in [5.74, 6) is -0.00939. The van der Waals surface area contributed by atoms with Gasteiger partial charge in [-0.1, -0.05) is 60.7 Å². The van der Waals surface area contributed by atoms with Gasteiger partial charge in [-0.2, -0.15) is 0 Å². The van der Waals surface area contributed by atoms with Crippen molar-refractivity contribution in [3.05, 3.63) is 71.8 Å². The molecule has 0 amide bonds. The molecule has 1 unspecified atom stereocenters. The number of hydrogen-bond acceptors (Lipinski definition) is 3. The first-order valence-electron chi connectivity index (χ1n) is 9.28. The fraction of sp³-hybridized carbons (Fsp3) is 0.409. The van der Waals surface area contributed by atoms with Crippen LogP contribution in [0.4, 0.5) is 0 Å². The molecule has 1 aliphatic heterocycles. The van der Waals surface area contributed by atoms with Crippen molar-refractivity contribution < 1.29 is 9.90 Å². The number of carbonyl (C=O) groups excluding carboxylic acids is 1. The molecule has 0 bridgehead atoms. The van der Waals surface area contributed by atoms with E-state index in [0.717, 1.165) is 32.5 Å². The molecule has 2 aromatic carbocycles. The fourth-order valence-electron chi connectivity index (χ4n) is 3.56. The number of hydrogen-bond donors (Lipinski definition) is 1. The highest BCUT2D eigenvalue weighted by Crippen LogP contribution is 2.26. The van der Waals surface area contributed by atoms with E-state index in [1.807, 2.05) is 48.5 Å². The van der Waals surface area contributed by atoms with Crippen LogP contribution in [-0.4, -0.2) is 46.4 Å². The van der Waals surface area contributed by atoms with E-state index in [1.165, 1.54) is 5.56 Å². The highest BCUT2D eigenvalue weighted by atomic mass is 35.5. The predicted octanol–water partition coefficient (Wildman–Crippen LogP) is 3.94. The lowest BCUT2D eigenvalue weighted by atomic mass is 9.85. The summed E-state index contributed by atoms with van der Waals surface area (Å²) in [6.45, 7) is 2.47. The number of aliphatic hydroxyl groups is 1. The molecule has 138 valence electrons. The molecule has 0 spiro atoms. The highest BCUT2D eigenvalue weighted by molar-refractivity contribution is 6.33. The molecule has 3 rings (SSSR count). The third-order valence-corrected chi connectivity index (χ3v) is 5.62. The van der Waals surface area contributed by atoms with Crippen molar-refractivity contribution in [2.75, 3.05) is 19.6 Å². The van der Waals surface area contributed by atoms with Crippen LogP contribution in [0.1, 0.15) is 35.2 Å². The van der Waals surface area contributed by atoms with E-state index in [1.54, 1.807) is 0 Å². The van der Waals surface area contributed by atoms with Gasteiger partial charge in [-0.15, -0.1) is 11.6 Å². The van der Waals surface area contributed by atoms with Crippen LogP contribution in [-0.2, 0) is 6.42 Å². The van der Waals surface area contributed by atoms with Gasteiger partial charge in [-0.05, 0) is 31.4 Å². The van der Waals surface area contributed by atoms with Gasteiger partial charge in [-0.25, -0.2) is 0 Å².